The van der Waals surface area contributed by atoms with E-state index in [1.807, 2.05) is 12.1 Å². The van der Waals surface area contributed by atoms with E-state index in [9.17, 15) is 0 Å². The Labute approximate surface area is 108 Å². The third-order valence-electron chi connectivity index (χ3n) is 3.33. The second-order valence-corrected chi connectivity index (χ2v) is 4.54. The SMILES string of the molecule is c1ccc(CC2OCCN2c2ccccc2)cc1. The van der Waals surface area contributed by atoms with Crippen molar-refractivity contribution < 1.29 is 4.74 Å². The number of benzene rings is 2. The molecule has 2 aromatic rings. The van der Waals surface area contributed by atoms with Crippen molar-refractivity contribution in [3.8, 4) is 0 Å². The van der Waals surface area contributed by atoms with E-state index in [-0.39, 0.29) is 6.23 Å². The quantitative estimate of drug-likeness (QED) is 0.816. The van der Waals surface area contributed by atoms with E-state index >= 15 is 0 Å². The van der Waals surface area contributed by atoms with Gasteiger partial charge in [0.2, 0.25) is 0 Å². The molecular formula is C16H17NO. The van der Waals surface area contributed by atoms with Crippen molar-refractivity contribution in [2.75, 3.05) is 18.1 Å². The topological polar surface area (TPSA) is 12.5 Å². The molecule has 0 amide bonds. The molecule has 0 bridgehead atoms. The predicted octanol–water partition coefficient (Wildman–Crippen LogP) is 3.09. The highest BCUT2D eigenvalue weighted by Gasteiger charge is 2.25. The van der Waals surface area contributed by atoms with Gasteiger partial charge in [0.25, 0.3) is 0 Å². The lowest BCUT2D eigenvalue weighted by Crippen LogP contribution is -2.31. The van der Waals surface area contributed by atoms with Crippen molar-refractivity contribution >= 4 is 5.69 Å². The van der Waals surface area contributed by atoms with E-state index < -0.39 is 0 Å². The molecule has 0 aromatic heterocycles. The number of hydrogen-bond donors (Lipinski definition) is 0. The van der Waals surface area contributed by atoms with Crippen molar-refractivity contribution in [3.05, 3.63) is 66.2 Å². The van der Waals surface area contributed by atoms with Crippen molar-refractivity contribution in [2.24, 2.45) is 0 Å². The maximum absolute atomic E-state index is 5.85. The van der Waals surface area contributed by atoms with Crippen LogP contribution < -0.4 is 4.90 Å². The van der Waals surface area contributed by atoms with Crippen LogP contribution in [0, 0.1) is 0 Å². The third-order valence-corrected chi connectivity index (χ3v) is 3.33. The molecule has 1 atom stereocenters. The van der Waals surface area contributed by atoms with Crippen molar-refractivity contribution in [2.45, 2.75) is 12.6 Å². The fraction of sp³-hybridized carbons (Fsp3) is 0.250. The average molecular weight is 239 g/mol. The Morgan fingerprint density at radius 1 is 0.944 bits per heavy atom. The second-order valence-electron chi connectivity index (χ2n) is 4.54. The molecule has 0 spiro atoms. The molecule has 1 heterocycles. The van der Waals surface area contributed by atoms with Crippen LogP contribution in [-0.4, -0.2) is 19.4 Å². The number of rotatable bonds is 3. The van der Waals surface area contributed by atoms with Crippen LogP contribution in [0.1, 0.15) is 5.56 Å². The van der Waals surface area contributed by atoms with Crippen molar-refractivity contribution in [1.29, 1.82) is 0 Å². The summed E-state index contributed by atoms with van der Waals surface area (Å²) in [7, 11) is 0. The standard InChI is InChI=1S/C16H17NO/c1-3-7-14(8-4-1)13-16-17(11-12-18-16)15-9-5-2-6-10-15/h1-10,16H,11-13H2. The van der Waals surface area contributed by atoms with E-state index in [2.05, 4.69) is 53.4 Å². The monoisotopic (exact) mass is 239 g/mol. The lowest BCUT2D eigenvalue weighted by Gasteiger charge is -2.25. The lowest BCUT2D eigenvalue weighted by atomic mass is 10.1. The Morgan fingerprint density at radius 2 is 1.61 bits per heavy atom. The van der Waals surface area contributed by atoms with Gasteiger partial charge in [0.15, 0.2) is 0 Å². The molecule has 0 N–H and O–H groups in total. The number of hydrogen-bond acceptors (Lipinski definition) is 2. The molecule has 0 saturated carbocycles. The van der Waals surface area contributed by atoms with Crippen LogP contribution >= 0.6 is 0 Å². The molecule has 0 radical (unpaired) electrons. The van der Waals surface area contributed by atoms with Gasteiger partial charge in [0.1, 0.15) is 6.23 Å². The Bertz CT molecular complexity index is 483. The van der Waals surface area contributed by atoms with Gasteiger partial charge in [0, 0.05) is 18.7 Å². The molecule has 1 fully saturated rings. The van der Waals surface area contributed by atoms with Crippen molar-refractivity contribution in [3.63, 3.8) is 0 Å². The minimum Gasteiger partial charge on any atom is -0.356 e. The number of nitrogens with zero attached hydrogens (tertiary/aromatic N) is 1. The summed E-state index contributed by atoms with van der Waals surface area (Å²) in [6.07, 6.45) is 1.10. The first-order chi connectivity index (χ1) is 8.93. The first-order valence-electron chi connectivity index (χ1n) is 6.41. The number of anilines is 1. The summed E-state index contributed by atoms with van der Waals surface area (Å²) in [5.41, 5.74) is 2.57. The number of ether oxygens (including phenoxy) is 1. The molecule has 92 valence electrons. The maximum Gasteiger partial charge on any atom is 0.134 e. The normalized spacial score (nSPS) is 19.1. The zero-order valence-electron chi connectivity index (χ0n) is 10.3. The fourth-order valence-electron chi connectivity index (χ4n) is 2.42. The van der Waals surface area contributed by atoms with Crippen LogP contribution in [0.4, 0.5) is 5.69 Å². The van der Waals surface area contributed by atoms with Crippen LogP contribution in [0.15, 0.2) is 60.7 Å². The van der Waals surface area contributed by atoms with Gasteiger partial charge < -0.3 is 9.64 Å². The molecule has 18 heavy (non-hydrogen) atoms. The summed E-state index contributed by atoms with van der Waals surface area (Å²) < 4.78 is 5.85. The van der Waals surface area contributed by atoms with Crippen LogP contribution in [0.3, 0.4) is 0 Å². The molecule has 2 nitrogen and oxygen atoms in total. The minimum absolute atomic E-state index is 0.162. The average Bonchev–Trinajstić information content (AvgIpc) is 2.89. The van der Waals surface area contributed by atoms with E-state index in [0.29, 0.717) is 0 Å². The van der Waals surface area contributed by atoms with Crippen LogP contribution in [0.2, 0.25) is 0 Å². The second kappa shape index (κ2) is 5.23. The first kappa shape index (κ1) is 11.3. The van der Waals surface area contributed by atoms with Crippen LogP contribution in [0.25, 0.3) is 0 Å². The Kier molecular flexibility index (Phi) is 3.29. The maximum atomic E-state index is 5.85. The molecule has 3 rings (SSSR count). The summed E-state index contributed by atoms with van der Waals surface area (Å²) in [6.45, 7) is 1.79. The number of para-hydroxylation sites is 1. The predicted molar refractivity (Wildman–Crippen MR) is 73.7 cm³/mol. The molecule has 2 aromatic carbocycles. The minimum atomic E-state index is 0.162. The van der Waals surface area contributed by atoms with Gasteiger partial charge in [0.05, 0.1) is 6.61 Å². The zero-order chi connectivity index (χ0) is 12.2. The zero-order valence-corrected chi connectivity index (χ0v) is 10.3. The highest BCUT2D eigenvalue weighted by molar-refractivity contribution is 5.47. The molecule has 1 saturated heterocycles. The summed E-state index contributed by atoms with van der Waals surface area (Å²) in [5, 5.41) is 0. The van der Waals surface area contributed by atoms with Crippen LogP contribution in [0.5, 0.6) is 0 Å². The molecule has 0 aliphatic carbocycles. The highest BCUT2D eigenvalue weighted by atomic mass is 16.5. The van der Waals surface area contributed by atoms with E-state index in [1.165, 1.54) is 11.3 Å². The van der Waals surface area contributed by atoms with Gasteiger partial charge in [-0.25, -0.2) is 0 Å². The lowest BCUT2D eigenvalue weighted by molar-refractivity contribution is 0.113. The fourth-order valence-corrected chi connectivity index (χ4v) is 2.42. The Balaban J connectivity index is 1.76. The largest absolute Gasteiger partial charge is 0.356 e. The molecular weight excluding hydrogens is 222 g/mol. The van der Waals surface area contributed by atoms with Gasteiger partial charge in [-0.1, -0.05) is 48.5 Å². The third kappa shape index (κ3) is 2.39. The molecule has 1 unspecified atom stereocenters. The van der Waals surface area contributed by atoms with Gasteiger partial charge >= 0.3 is 0 Å². The van der Waals surface area contributed by atoms with Crippen LogP contribution in [-0.2, 0) is 11.2 Å². The van der Waals surface area contributed by atoms with E-state index in [0.717, 1.165) is 19.6 Å². The van der Waals surface area contributed by atoms with Gasteiger partial charge in [-0.05, 0) is 17.7 Å². The highest BCUT2D eigenvalue weighted by Crippen LogP contribution is 2.23. The molecule has 1 aliphatic rings. The summed E-state index contributed by atoms with van der Waals surface area (Å²) in [6, 6.07) is 21.0. The van der Waals surface area contributed by atoms with Crippen molar-refractivity contribution in [1.82, 2.24) is 0 Å². The Morgan fingerprint density at radius 3 is 2.33 bits per heavy atom. The summed E-state index contributed by atoms with van der Waals surface area (Å²) in [4.78, 5) is 2.34. The summed E-state index contributed by atoms with van der Waals surface area (Å²) in [5.74, 6) is 0. The molecule has 2 heteroatoms. The van der Waals surface area contributed by atoms with E-state index in [4.69, 9.17) is 4.74 Å². The first-order valence-corrected chi connectivity index (χ1v) is 6.41. The molecule has 1 aliphatic heterocycles. The van der Waals surface area contributed by atoms with Gasteiger partial charge in [-0.3, -0.25) is 0 Å². The van der Waals surface area contributed by atoms with Gasteiger partial charge in [-0.15, -0.1) is 0 Å². The Hall–Kier alpha value is -1.80. The van der Waals surface area contributed by atoms with Gasteiger partial charge in [-0.2, -0.15) is 0 Å². The van der Waals surface area contributed by atoms with E-state index in [1.54, 1.807) is 0 Å². The smallest absolute Gasteiger partial charge is 0.134 e. The summed E-state index contributed by atoms with van der Waals surface area (Å²) >= 11 is 0.